The number of carbonyl (C=O) groups excluding carboxylic acids is 1. The average Bonchev–Trinajstić information content (AvgIpc) is 2.34. The minimum absolute atomic E-state index is 0.00315. The number of nitrogens with one attached hydrogen (secondary N) is 2. The molecule has 0 saturated carbocycles. The number of ether oxygens (including phenoxy) is 1. The van der Waals surface area contributed by atoms with Crippen LogP contribution in [0.2, 0.25) is 0 Å². The Morgan fingerprint density at radius 2 is 1.88 bits per heavy atom. The zero-order valence-electron chi connectivity index (χ0n) is 11.6. The molecule has 0 aromatic rings. The number of amides is 1. The molecule has 0 aliphatic rings. The number of carbonyl (C=O) groups is 1. The molecule has 0 rings (SSSR count). The Kier molecular flexibility index (Phi) is 11.4. The van der Waals surface area contributed by atoms with Crippen molar-refractivity contribution in [1.29, 1.82) is 0 Å². The maximum atomic E-state index is 11.6. The van der Waals surface area contributed by atoms with Crippen molar-refractivity contribution < 1.29 is 9.53 Å². The third kappa shape index (κ3) is 10.3. The van der Waals surface area contributed by atoms with Crippen LogP contribution in [0.4, 0.5) is 0 Å². The Bertz CT molecular complexity index is 186. The second kappa shape index (κ2) is 11.9. The zero-order valence-corrected chi connectivity index (χ0v) is 11.6. The van der Waals surface area contributed by atoms with E-state index in [-0.39, 0.29) is 12.0 Å². The van der Waals surface area contributed by atoms with Crippen molar-refractivity contribution in [3.05, 3.63) is 0 Å². The lowest BCUT2D eigenvalue weighted by molar-refractivity contribution is -0.131. The fourth-order valence-corrected chi connectivity index (χ4v) is 1.42. The molecule has 0 spiro atoms. The topological polar surface area (TPSA) is 50.4 Å². The lowest BCUT2D eigenvalue weighted by Gasteiger charge is -2.13. The molecule has 0 radical (unpaired) electrons. The quantitative estimate of drug-likeness (QED) is 0.544. The number of unbranched alkanes of at least 4 members (excludes halogenated alkanes) is 2. The lowest BCUT2D eigenvalue weighted by Crippen LogP contribution is -2.36. The van der Waals surface area contributed by atoms with Gasteiger partial charge >= 0.3 is 0 Å². The second-order valence-corrected chi connectivity index (χ2v) is 4.26. The first-order valence-electron chi connectivity index (χ1n) is 6.82. The summed E-state index contributed by atoms with van der Waals surface area (Å²) in [6, 6.07) is 0. The van der Waals surface area contributed by atoms with Crippen molar-refractivity contribution in [2.24, 2.45) is 0 Å². The molecule has 1 atom stereocenters. The molecule has 0 saturated heterocycles. The minimum atomic E-state index is -0.347. The molecule has 4 nitrogen and oxygen atoms in total. The van der Waals surface area contributed by atoms with Crippen LogP contribution in [0.3, 0.4) is 0 Å². The van der Waals surface area contributed by atoms with Gasteiger partial charge in [0.15, 0.2) is 0 Å². The van der Waals surface area contributed by atoms with E-state index >= 15 is 0 Å². The first-order valence-corrected chi connectivity index (χ1v) is 6.82. The van der Waals surface area contributed by atoms with Gasteiger partial charge in [-0.15, -0.1) is 0 Å². The van der Waals surface area contributed by atoms with Crippen LogP contribution in [0.15, 0.2) is 0 Å². The molecule has 0 aromatic heterocycles. The maximum Gasteiger partial charge on any atom is 0.248 e. The Balaban J connectivity index is 3.40. The second-order valence-electron chi connectivity index (χ2n) is 4.26. The van der Waals surface area contributed by atoms with Crippen LogP contribution in [0.1, 0.15) is 46.5 Å². The van der Waals surface area contributed by atoms with E-state index in [1.54, 1.807) is 6.92 Å². The SMILES string of the molecule is CCCCCNC(=O)C(C)OCCNCCC. The van der Waals surface area contributed by atoms with Gasteiger partial charge in [0.1, 0.15) is 6.10 Å². The maximum absolute atomic E-state index is 11.6. The number of rotatable bonds is 11. The summed E-state index contributed by atoms with van der Waals surface area (Å²) in [7, 11) is 0. The molecule has 1 unspecified atom stereocenters. The molecule has 4 heteroatoms. The highest BCUT2D eigenvalue weighted by molar-refractivity contribution is 5.80. The predicted octanol–water partition coefficient (Wildman–Crippen LogP) is 1.70. The van der Waals surface area contributed by atoms with E-state index < -0.39 is 0 Å². The Hall–Kier alpha value is -0.610. The van der Waals surface area contributed by atoms with Crippen molar-refractivity contribution in [3.63, 3.8) is 0 Å². The molecule has 1 amide bonds. The van der Waals surface area contributed by atoms with Crippen LogP contribution in [0.25, 0.3) is 0 Å². The summed E-state index contributed by atoms with van der Waals surface area (Å²) in [5, 5.41) is 6.12. The molecule has 2 N–H and O–H groups in total. The van der Waals surface area contributed by atoms with Gasteiger partial charge in [-0.25, -0.2) is 0 Å². The molecule has 0 aliphatic carbocycles. The van der Waals surface area contributed by atoms with Gasteiger partial charge in [0.25, 0.3) is 0 Å². The van der Waals surface area contributed by atoms with Crippen LogP contribution < -0.4 is 10.6 Å². The molecular formula is C13H28N2O2. The fourth-order valence-electron chi connectivity index (χ4n) is 1.42. The molecule has 0 bridgehead atoms. The molecule has 17 heavy (non-hydrogen) atoms. The van der Waals surface area contributed by atoms with E-state index in [9.17, 15) is 4.79 Å². The minimum Gasteiger partial charge on any atom is -0.367 e. The predicted molar refractivity (Wildman–Crippen MR) is 71.1 cm³/mol. The van der Waals surface area contributed by atoms with Gasteiger partial charge in [0.2, 0.25) is 5.91 Å². The van der Waals surface area contributed by atoms with E-state index in [1.165, 1.54) is 6.42 Å². The first-order chi connectivity index (χ1) is 8.22. The van der Waals surface area contributed by atoms with Gasteiger partial charge < -0.3 is 15.4 Å². The van der Waals surface area contributed by atoms with Gasteiger partial charge in [0.05, 0.1) is 6.61 Å². The number of hydrogen-bond donors (Lipinski definition) is 2. The highest BCUT2D eigenvalue weighted by Gasteiger charge is 2.11. The zero-order chi connectivity index (χ0) is 12.9. The van der Waals surface area contributed by atoms with E-state index in [0.29, 0.717) is 6.61 Å². The highest BCUT2D eigenvalue weighted by Crippen LogP contribution is 1.94. The van der Waals surface area contributed by atoms with E-state index in [2.05, 4.69) is 24.5 Å². The van der Waals surface area contributed by atoms with Gasteiger partial charge in [-0.1, -0.05) is 26.7 Å². The normalized spacial score (nSPS) is 12.4. The van der Waals surface area contributed by atoms with Crippen molar-refractivity contribution in [2.75, 3.05) is 26.2 Å². The van der Waals surface area contributed by atoms with Crippen LogP contribution >= 0.6 is 0 Å². The van der Waals surface area contributed by atoms with Crippen molar-refractivity contribution in [1.82, 2.24) is 10.6 Å². The van der Waals surface area contributed by atoms with Gasteiger partial charge in [-0.05, 0) is 26.3 Å². The summed E-state index contributed by atoms with van der Waals surface area (Å²) in [5.74, 6) is -0.00315. The fraction of sp³-hybridized carbons (Fsp3) is 0.923. The molecule has 0 aromatic carbocycles. The monoisotopic (exact) mass is 244 g/mol. The van der Waals surface area contributed by atoms with Gasteiger partial charge in [-0.2, -0.15) is 0 Å². The first kappa shape index (κ1) is 16.4. The van der Waals surface area contributed by atoms with E-state index in [1.807, 2.05) is 0 Å². The highest BCUT2D eigenvalue weighted by atomic mass is 16.5. The third-order valence-electron chi connectivity index (χ3n) is 2.52. The molecule has 0 fully saturated rings. The van der Waals surface area contributed by atoms with E-state index in [0.717, 1.165) is 38.9 Å². The van der Waals surface area contributed by atoms with Crippen molar-refractivity contribution in [3.8, 4) is 0 Å². The Morgan fingerprint density at radius 3 is 2.53 bits per heavy atom. The van der Waals surface area contributed by atoms with Crippen LogP contribution in [0, 0.1) is 0 Å². The summed E-state index contributed by atoms with van der Waals surface area (Å²) in [4.78, 5) is 11.6. The summed E-state index contributed by atoms with van der Waals surface area (Å²) in [6.07, 6.45) is 4.15. The Morgan fingerprint density at radius 1 is 1.12 bits per heavy atom. The van der Waals surface area contributed by atoms with Gasteiger partial charge in [-0.3, -0.25) is 4.79 Å². The van der Waals surface area contributed by atoms with Crippen molar-refractivity contribution in [2.45, 2.75) is 52.6 Å². The standard InChI is InChI=1S/C13H28N2O2/c1-4-6-7-9-15-13(16)12(3)17-11-10-14-8-5-2/h12,14H,4-11H2,1-3H3,(H,15,16). The summed E-state index contributed by atoms with van der Waals surface area (Å²) >= 11 is 0. The number of hydrogen-bond acceptors (Lipinski definition) is 3. The van der Waals surface area contributed by atoms with Crippen LogP contribution in [-0.2, 0) is 9.53 Å². The average molecular weight is 244 g/mol. The largest absolute Gasteiger partial charge is 0.367 e. The molecular weight excluding hydrogens is 216 g/mol. The summed E-state index contributed by atoms with van der Waals surface area (Å²) in [6.45, 7) is 9.23. The van der Waals surface area contributed by atoms with Crippen LogP contribution in [0.5, 0.6) is 0 Å². The third-order valence-corrected chi connectivity index (χ3v) is 2.52. The molecule has 0 aliphatic heterocycles. The summed E-state index contributed by atoms with van der Waals surface area (Å²) in [5.41, 5.74) is 0. The van der Waals surface area contributed by atoms with Gasteiger partial charge in [0, 0.05) is 13.1 Å². The smallest absolute Gasteiger partial charge is 0.248 e. The van der Waals surface area contributed by atoms with E-state index in [4.69, 9.17) is 4.74 Å². The van der Waals surface area contributed by atoms with Crippen molar-refractivity contribution >= 4 is 5.91 Å². The van der Waals surface area contributed by atoms with Crippen LogP contribution in [-0.4, -0.2) is 38.3 Å². The summed E-state index contributed by atoms with van der Waals surface area (Å²) < 4.78 is 5.43. The molecule has 102 valence electrons. The molecule has 0 heterocycles. The Labute approximate surface area is 105 Å². The lowest BCUT2D eigenvalue weighted by atomic mass is 10.2.